The first-order valence-electron chi connectivity index (χ1n) is 8.75. The van der Waals surface area contributed by atoms with Crippen LogP contribution < -0.4 is 5.32 Å². The Morgan fingerprint density at radius 1 is 1.00 bits per heavy atom. The van der Waals surface area contributed by atoms with Crippen LogP contribution in [0.5, 0.6) is 0 Å². The number of sulfone groups is 1. The lowest BCUT2D eigenvalue weighted by atomic mass is 10.1. The lowest BCUT2D eigenvalue weighted by Gasteiger charge is -2.19. The van der Waals surface area contributed by atoms with Crippen LogP contribution in [0.15, 0.2) is 59.5 Å². The molecule has 2 aromatic rings. The van der Waals surface area contributed by atoms with Crippen molar-refractivity contribution in [1.82, 2.24) is 5.32 Å². The van der Waals surface area contributed by atoms with E-state index in [1.165, 1.54) is 31.2 Å². The molecule has 29 heavy (non-hydrogen) atoms. The third-order valence-electron chi connectivity index (χ3n) is 3.98. The molecule has 1 amide bonds. The standard InChI is InChI=1S/C19H23NO7S2/c1-3-29(24,25)17-11-9-16(10-12-17)18(14-27-28(2,22)23)20-19(21)26-13-15-7-5-4-6-8-15/h4-12,18H,3,13-14H2,1-2H3,(H,20,21)/t18-/m0/s1. The number of amides is 1. The first-order chi connectivity index (χ1) is 13.6. The molecule has 1 N–H and O–H groups in total. The van der Waals surface area contributed by atoms with Crippen molar-refractivity contribution < 1.29 is 30.6 Å². The lowest BCUT2D eigenvalue weighted by Crippen LogP contribution is -2.32. The van der Waals surface area contributed by atoms with Crippen LogP contribution in [0.25, 0.3) is 0 Å². The minimum absolute atomic E-state index is 0.0417. The Balaban J connectivity index is 2.12. The van der Waals surface area contributed by atoms with E-state index in [-0.39, 0.29) is 23.9 Å². The summed E-state index contributed by atoms with van der Waals surface area (Å²) in [6.45, 7) is 1.22. The molecule has 0 heterocycles. The smallest absolute Gasteiger partial charge is 0.408 e. The monoisotopic (exact) mass is 441 g/mol. The predicted molar refractivity (Wildman–Crippen MR) is 107 cm³/mol. The molecule has 0 fully saturated rings. The summed E-state index contributed by atoms with van der Waals surface area (Å²) in [5.74, 6) is -0.0446. The molecule has 2 aromatic carbocycles. The number of carbonyl (C=O) groups excluding carboxylic acids is 1. The minimum Gasteiger partial charge on any atom is -0.445 e. The first-order valence-corrected chi connectivity index (χ1v) is 12.2. The van der Waals surface area contributed by atoms with Crippen molar-refractivity contribution in [2.24, 2.45) is 0 Å². The van der Waals surface area contributed by atoms with Crippen molar-refractivity contribution >= 4 is 26.0 Å². The molecule has 0 bridgehead atoms. The largest absolute Gasteiger partial charge is 0.445 e. The third kappa shape index (κ3) is 7.48. The minimum atomic E-state index is -3.74. The molecule has 0 aliphatic rings. The second-order valence-corrected chi connectivity index (χ2v) is 10.1. The Labute approximate surface area is 170 Å². The lowest BCUT2D eigenvalue weighted by molar-refractivity contribution is 0.131. The molecule has 8 nitrogen and oxygen atoms in total. The predicted octanol–water partition coefficient (Wildman–Crippen LogP) is 2.42. The van der Waals surface area contributed by atoms with Crippen molar-refractivity contribution in [2.45, 2.75) is 24.5 Å². The van der Waals surface area contributed by atoms with Crippen LogP contribution in [0.2, 0.25) is 0 Å². The van der Waals surface area contributed by atoms with Gasteiger partial charge in [0.25, 0.3) is 10.1 Å². The van der Waals surface area contributed by atoms with E-state index in [1.807, 2.05) is 18.2 Å². The molecule has 0 radical (unpaired) electrons. The zero-order valence-corrected chi connectivity index (χ0v) is 17.7. The molecule has 0 aliphatic carbocycles. The molecule has 2 rings (SSSR count). The molecule has 0 saturated carbocycles. The molecule has 158 valence electrons. The average Bonchev–Trinajstić information content (AvgIpc) is 2.70. The third-order valence-corrected chi connectivity index (χ3v) is 6.29. The van der Waals surface area contributed by atoms with Gasteiger partial charge in [0, 0.05) is 0 Å². The van der Waals surface area contributed by atoms with E-state index in [4.69, 9.17) is 8.92 Å². The second kappa shape index (κ2) is 9.86. The number of nitrogens with one attached hydrogen (secondary N) is 1. The summed E-state index contributed by atoms with van der Waals surface area (Å²) < 4.78 is 56.5. The number of rotatable bonds is 9. The number of hydrogen-bond donors (Lipinski definition) is 1. The van der Waals surface area contributed by atoms with Crippen molar-refractivity contribution in [3.8, 4) is 0 Å². The fourth-order valence-corrected chi connectivity index (χ4v) is 3.66. The summed E-state index contributed by atoms with van der Waals surface area (Å²) in [6, 6.07) is 14.0. The quantitative estimate of drug-likeness (QED) is 0.594. The van der Waals surface area contributed by atoms with Gasteiger partial charge in [-0.15, -0.1) is 0 Å². The van der Waals surface area contributed by atoms with E-state index in [9.17, 15) is 21.6 Å². The molecular weight excluding hydrogens is 418 g/mol. The van der Waals surface area contributed by atoms with Crippen LogP contribution in [-0.4, -0.2) is 41.5 Å². The first kappa shape index (κ1) is 22.9. The highest BCUT2D eigenvalue weighted by Crippen LogP contribution is 2.19. The number of carbonyl (C=O) groups is 1. The normalized spacial score (nSPS) is 12.9. The molecule has 0 aromatic heterocycles. The zero-order valence-electron chi connectivity index (χ0n) is 16.1. The van der Waals surface area contributed by atoms with Crippen molar-refractivity contribution in [3.63, 3.8) is 0 Å². The molecule has 0 unspecified atom stereocenters. The number of ether oxygens (including phenoxy) is 1. The van der Waals surface area contributed by atoms with Crippen LogP contribution in [0.3, 0.4) is 0 Å². The number of alkyl carbamates (subject to hydrolysis) is 1. The molecule has 1 atom stereocenters. The summed E-state index contributed by atoms with van der Waals surface area (Å²) in [5, 5.41) is 2.55. The average molecular weight is 442 g/mol. The maximum atomic E-state index is 12.2. The molecule has 10 heteroatoms. The van der Waals surface area contributed by atoms with Gasteiger partial charge in [-0.25, -0.2) is 13.2 Å². The van der Waals surface area contributed by atoms with Crippen molar-refractivity contribution in [2.75, 3.05) is 18.6 Å². The van der Waals surface area contributed by atoms with Gasteiger partial charge in [0.2, 0.25) is 0 Å². The summed E-state index contributed by atoms with van der Waals surface area (Å²) in [5.41, 5.74) is 1.26. The van der Waals surface area contributed by atoms with Crippen molar-refractivity contribution in [1.29, 1.82) is 0 Å². The highest BCUT2D eigenvalue weighted by atomic mass is 32.2. The van der Waals surface area contributed by atoms with Crippen LogP contribution in [-0.2, 0) is 35.5 Å². The second-order valence-electron chi connectivity index (χ2n) is 6.22. The fraction of sp³-hybridized carbons (Fsp3) is 0.316. The van der Waals surface area contributed by atoms with Gasteiger partial charge in [-0.3, -0.25) is 4.18 Å². The summed E-state index contributed by atoms with van der Waals surface area (Å²) >= 11 is 0. The number of hydrogen-bond acceptors (Lipinski definition) is 7. The van der Waals surface area contributed by atoms with Gasteiger partial charge in [-0.05, 0) is 23.3 Å². The van der Waals surface area contributed by atoms with Gasteiger partial charge in [0.1, 0.15) is 6.61 Å². The van der Waals surface area contributed by atoms with Crippen LogP contribution in [0.1, 0.15) is 24.1 Å². The molecule has 0 spiro atoms. The van der Waals surface area contributed by atoms with Gasteiger partial charge in [0.05, 0.1) is 29.6 Å². The van der Waals surface area contributed by atoms with Gasteiger partial charge in [0.15, 0.2) is 9.84 Å². The Hall–Kier alpha value is -2.43. The van der Waals surface area contributed by atoms with E-state index in [2.05, 4.69) is 5.32 Å². The molecular formula is C19H23NO7S2. The number of benzene rings is 2. The van der Waals surface area contributed by atoms with Crippen LogP contribution in [0, 0.1) is 0 Å². The summed E-state index contributed by atoms with van der Waals surface area (Å²) in [6.07, 6.45) is 0.135. The highest BCUT2D eigenvalue weighted by Gasteiger charge is 2.20. The maximum Gasteiger partial charge on any atom is 0.408 e. The highest BCUT2D eigenvalue weighted by molar-refractivity contribution is 7.91. The summed E-state index contributed by atoms with van der Waals surface area (Å²) in [4.78, 5) is 12.3. The van der Waals surface area contributed by atoms with E-state index < -0.39 is 32.1 Å². The van der Waals surface area contributed by atoms with Gasteiger partial charge >= 0.3 is 6.09 Å². The maximum absolute atomic E-state index is 12.2. The SMILES string of the molecule is CCS(=O)(=O)c1ccc([C@H](COS(C)(=O)=O)NC(=O)OCc2ccccc2)cc1. The van der Waals surface area contributed by atoms with Crippen LogP contribution >= 0.6 is 0 Å². The van der Waals surface area contributed by atoms with E-state index in [1.54, 1.807) is 12.1 Å². The van der Waals surface area contributed by atoms with Gasteiger partial charge in [-0.2, -0.15) is 8.42 Å². The van der Waals surface area contributed by atoms with Crippen molar-refractivity contribution in [3.05, 3.63) is 65.7 Å². The Morgan fingerprint density at radius 3 is 2.17 bits per heavy atom. The summed E-state index contributed by atoms with van der Waals surface area (Å²) in [7, 11) is -7.12. The topological polar surface area (TPSA) is 116 Å². The van der Waals surface area contributed by atoms with Gasteiger partial charge < -0.3 is 10.1 Å². The van der Waals surface area contributed by atoms with E-state index in [0.29, 0.717) is 5.56 Å². The Morgan fingerprint density at radius 2 is 1.62 bits per heavy atom. The zero-order chi connectivity index (χ0) is 21.5. The Bertz CT molecular complexity index is 1020. The molecule has 0 aliphatic heterocycles. The molecule has 0 saturated heterocycles. The fourth-order valence-electron chi connectivity index (χ4n) is 2.39. The van der Waals surface area contributed by atoms with Crippen LogP contribution in [0.4, 0.5) is 4.79 Å². The van der Waals surface area contributed by atoms with E-state index >= 15 is 0 Å². The van der Waals surface area contributed by atoms with E-state index in [0.717, 1.165) is 11.8 Å². The van der Waals surface area contributed by atoms with Gasteiger partial charge in [-0.1, -0.05) is 49.4 Å². The Kier molecular flexibility index (Phi) is 7.77.